The smallest absolute Gasteiger partial charge is 0.439 e. The standard InChI is InChI=1S/C33H34N4O5/c1-5-8-30-29(32(38)37(22(3)34-30)25-15-17-26(18-16-25)41-21(2)20-40-4)19-23-11-13-24(14-12-23)27-9-6-7-10-28(27)31-35-33(39)42-36-31/h6-7,9-18,21H,5,8,19-20H2,1-4H3,(H,35,36,39). The summed E-state index contributed by atoms with van der Waals surface area (Å²) in [7, 11) is 1.64. The van der Waals surface area contributed by atoms with E-state index in [4.69, 9.17) is 19.0 Å². The van der Waals surface area contributed by atoms with Crippen molar-refractivity contribution in [2.75, 3.05) is 13.7 Å². The number of H-pyrrole nitrogens is 1. The van der Waals surface area contributed by atoms with Crippen molar-refractivity contribution in [2.24, 2.45) is 0 Å². The summed E-state index contributed by atoms with van der Waals surface area (Å²) in [5, 5.41) is 3.85. The second-order valence-corrected chi connectivity index (χ2v) is 10.2. The van der Waals surface area contributed by atoms with Gasteiger partial charge in [0, 0.05) is 24.7 Å². The molecule has 0 aliphatic carbocycles. The zero-order valence-corrected chi connectivity index (χ0v) is 24.2. The van der Waals surface area contributed by atoms with Crippen LogP contribution in [0.25, 0.3) is 28.2 Å². The van der Waals surface area contributed by atoms with Gasteiger partial charge in [0.25, 0.3) is 5.56 Å². The number of hydrogen-bond donors (Lipinski definition) is 1. The van der Waals surface area contributed by atoms with Crippen molar-refractivity contribution in [3.63, 3.8) is 0 Å². The number of aromatic nitrogens is 4. The summed E-state index contributed by atoms with van der Waals surface area (Å²) in [6.07, 6.45) is 1.97. The van der Waals surface area contributed by atoms with Gasteiger partial charge in [-0.15, -0.1) is 0 Å². The molecule has 9 heteroatoms. The lowest BCUT2D eigenvalue weighted by Crippen LogP contribution is -2.28. The van der Waals surface area contributed by atoms with Gasteiger partial charge in [-0.05, 0) is 61.2 Å². The van der Waals surface area contributed by atoms with E-state index in [1.54, 1.807) is 11.7 Å². The molecule has 2 aromatic heterocycles. The summed E-state index contributed by atoms with van der Waals surface area (Å²) in [4.78, 5) is 33.0. The van der Waals surface area contributed by atoms with Crippen LogP contribution in [0, 0.1) is 6.92 Å². The van der Waals surface area contributed by atoms with E-state index in [1.807, 2.05) is 86.6 Å². The second-order valence-electron chi connectivity index (χ2n) is 10.2. The maximum atomic E-state index is 14.0. The SMILES string of the molecule is CCCc1nc(C)n(-c2ccc(OC(C)COC)cc2)c(=O)c1Cc1ccc(-c2ccccc2-c2noc(=O)[nH]2)cc1. The Hall–Kier alpha value is -4.76. The van der Waals surface area contributed by atoms with Crippen LogP contribution in [0.3, 0.4) is 0 Å². The van der Waals surface area contributed by atoms with Crippen molar-refractivity contribution in [3.05, 3.63) is 116 Å². The van der Waals surface area contributed by atoms with Crippen LogP contribution in [0.4, 0.5) is 0 Å². The molecule has 0 saturated carbocycles. The lowest BCUT2D eigenvalue weighted by atomic mass is 9.96. The fourth-order valence-electron chi connectivity index (χ4n) is 5.11. The molecule has 216 valence electrons. The average Bonchev–Trinajstić information content (AvgIpc) is 3.42. The van der Waals surface area contributed by atoms with Crippen LogP contribution in [0.15, 0.2) is 86.9 Å². The topological polar surface area (TPSA) is 112 Å². The molecule has 0 aliphatic heterocycles. The first-order valence-electron chi connectivity index (χ1n) is 14.0. The molecular weight excluding hydrogens is 532 g/mol. The third-order valence-corrected chi connectivity index (χ3v) is 7.02. The number of aromatic amines is 1. The maximum Gasteiger partial charge on any atom is 0.439 e. The molecule has 0 spiro atoms. The van der Waals surface area contributed by atoms with Crippen molar-refractivity contribution in [1.29, 1.82) is 0 Å². The Balaban J connectivity index is 1.45. The molecule has 0 aliphatic rings. The van der Waals surface area contributed by atoms with E-state index in [0.29, 0.717) is 36.0 Å². The predicted octanol–water partition coefficient (Wildman–Crippen LogP) is 5.51. The quantitative estimate of drug-likeness (QED) is 0.224. The van der Waals surface area contributed by atoms with Crippen LogP contribution in [-0.2, 0) is 17.6 Å². The molecule has 0 bridgehead atoms. The lowest BCUT2D eigenvalue weighted by Gasteiger charge is -2.17. The third kappa shape index (κ3) is 6.26. The summed E-state index contributed by atoms with van der Waals surface area (Å²) in [5.41, 5.74) is 5.79. The van der Waals surface area contributed by atoms with Crippen LogP contribution < -0.4 is 16.1 Å². The number of nitrogens with one attached hydrogen (secondary N) is 1. The monoisotopic (exact) mass is 566 g/mol. The van der Waals surface area contributed by atoms with E-state index in [1.165, 1.54) is 0 Å². The molecule has 42 heavy (non-hydrogen) atoms. The molecule has 5 rings (SSSR count). The van der Waals surface area contributed by atoms with Crippen LogP contribution in [0.5, 0.6) is 5.75 Å². The van der Waals surface area contributed by atoms with Gasteiger partial charge in [-0.2, -0.15) is 0 Å². The van der Waals surface area contributed by atoms with E-state index in [2.05, 4.69) is 17.1 Å². The van der Waals surface area contributed by atoms with Gasteiger partial charge in [0.05, 0.1) is 18.0 Å². The first kappa shape index (κ1) is 28.8. The van der Waals surface area contributed by atoms with Gasteiger partial charge in [0.2, 0.25) is 0 Å². The summed E-state index contributed by atoms with van der Waals surface area (Å²) in [6.45, 7) is 6.38. The molecule has 9 nitrogen and oxygen atoms in total. The first-order valence-corrected chi connectivity index (χ1v) is 14.0. The van der Waals surface area contributed by atoms with E-state index in [9.17, 15) is 9.59 Å². The molecule has 0 saturated heterocycles. The predicted molar refractivity (Wildman–Crippen MR) is 161 cm³/mol. The minimum Gasteiger partial charge on any atom is -0.488 e. The van der Waals surface area contributed by atoms with Gasteiger partial charge in [0.15, 0.2) is 5.82 Å². The zero-order valence-electron chi connectivity index (χ0n) is 24.2. The van der Waals surface area contributed by atoms with Gasteiger partial charge < -0.3 is 9.47 Å². The Morgan fingerprint density at radius 2 is 1.69 bits per heavy atom. The van der Waals surface area contributed by atoms with Gasteiger partial charge in [0.1, 0.15) is 17.7 Å². The lowest BCUT2D eigenvalue weighted by molar-refractivity contribution is 0.0921. The number of benzene rings is 3. The van der Waals surface area contributed by atoms with E-state index in [0.717, 1.165) is 46.5 Å². The van der Waals surface area contributed by atoms with Crippen molar-refractivity contribution in [3.8, 4) is 34.0 Å². The molecule has 0 fully saturated rings. The number of hydrogen-bond acceptors (Lipinski definition) is 7. The van der Waals surface area contributed by atoms with Crippen LogP contribution in [0.1, 0.15) is 42.9 Å². The number of aryl methyl sites for hydroxylation is 2. The molecule has 1 unspecified atom stereocenters. The number of rotatable bonds is 11. The Bertz CT molecular complexity index is 1770. The van der Waals surface area contributed by atoms with Gasteiger partial charge >= 0.3 is 5.76 Å². The van der Waals surface area contributed by atoms with Crippen LogP contribution in [-0.4, -0.2) is 39.5 Å². The van der Waals surface area contributed by atoms with E-state index >= 15 is 0 Å². The fraction of sp³-hybridized carbons (Fsp3) is 0.273. The fourth-order valence-corrected chi connectivity index (χ4v) is 5.11. The highest BCUT2D eigenvalue weighted by Gasteiger charge is 2.17. The highest BCUT2D eigenvalue weighted by atomic mass is 16.5. The van der Waals surface area contributed by atoms with Crippen LogP contribution >= 0.6 is 0 Å². The van der Waals surface area contributed by atoms with Crippen molar-refractivity contribution >= 4 is 0 Å². The van der Waals surface area contributed by atoms with E-state index in [-0.39, 0.29) is 11.7 Å². The van der Waals surface area contributed by atoms with E-state index < -0.39 is 5.76 Å². The highest BCUT2D eigenvalue weighted by molar-refractivity contribution is 5.80. The largest absolute Gasteiger partial charge is 0.488 e. The second kappa shape index (κ2) is 12.8. The summed E-state index contributed by atoms with van der Waals surface area (Å²) in [6, 6.07) is 23.2. The Kier molecular flexibility index (Phi) is 8.78. The van der Waals surface area contributed by atoms with Crippen molar-refractivity contribution in [1.82, 2.24) is 19.7 Å². The van der Waals surface area contributed by atoms with Gasteiger partial charge in [-0.1, -0.05) is 67.0 Å². The number of methoxy groups -OCH3 is 1. The van der Waals surface area contributed by atoms with Crippen molar-refractivity contribution in [2.45, 2.75) is 46.1 Å². The first-order chi connectivity index (χ1) is 20.4. The number of nitrogens with zero attached hydrogens (tertiary/aromatic N) is 3. The number of ether oxygens (including phenoxy) is 2. The summed E-state index contributed by atoms with van der Waals surface area (Å²) in [5.74, 6) is 1.13. The minimum absolute atomic E-state index is 0.0724. The molecule has 3 aromatic carbocycles. The average molecular weight is 567 g/mol. The minimum atomic E-state index is -0.601. The molecule has 5 aromatic rings. The molecular formula is C33H34N4O5. The van der Waals surface area contributed by atoms with Gasteiger partial charge in [-0.3, -0.25) is 18.9 Å². The van der Waals surface area contributed by atoms with Gasteiger partial charge in [-0.25, -0.2) is 9.78 Å². The molecule has 1 N–H and O–H groups in total. The molecule has 0 radical (unpaired) electrons. The molecule has 0 amide bonds. The van der Waals surface area contributed by atoms with Crippen molar-refractivity contribution < 1.29 is 14.0 Å². The molecule has 2 heterocycles. The third-order valence-electron chi connectivity index (χ3n) is 7.02. The van der Waals surface area contributed by atoms with Crippen LogP contribution in [0.2, 0.25) is 0 Å². The zero-order chi connectivity index (χ0) is 29.6. The summed E-state index contributed by atoms with van der Waals surface area (Å²) < 4.78 is 17.4. The molecule has 1 atom stereocenters. The normalized spacial score (nSPS) is 11.9. The summed E-state index contributed by atoms with van der Waals surface area (Å²) >= 11 is 0. The Morgan fingerprint density at radius 1 is 0.976 bits per heavy atom. The maximum absolute atomic E-state index is 14.0. The Labute approximate surface area is 243 Å². The highest BCUT2D eigenvalue weighted by Crippen LogP contribution is 2.30. The Morgan fingerprint density at radius 3 is 2.33 bits per heavy atom.